The van der Waals surface area contributed by atoms with Gasteiger partial charge in [0.1, 0.15) is 59.9 Å². The molecule has 4 bridgehead atoms. The summed E-state index contributed by atoms with van der Waals surface area (Å²) in [5.74, 6) is -3.17. The summed E-state index contributed by atoms with van der Waals surface area (Å²) in [6.45, 7) is 0.917. The van der Waals surface area contributed by atoms with E-state index in [4.69, 9.17) is 32.7 Å². The van der Waals surface area contributed by atoms with Crippen molar-refractivity contribution in [1.82, 2.24) is 39.3 Å². The fourth-order valence-electron chi connectivity index (χ4n) is 8.71. The summed E-state index contributed by atoms with van der Waals surface area (Å²) in [5.41, 5.74) is 0.515. The van der Waals surface area contributed by atoms with Gasteiger partial charge in [0.15, 0.2) is 0 Å². The molecule has 0 radical (unpaired) electrons. The predicted octanol–water partition coefficient (Wildman–Crippen LogP) is 4.83. The van der Waals surface area contributed by atoms with Gasteiger partial charge in [-0.25, -0.2) is 28.1 Å². The van der Waals surface area contributed by atoms with Gasteiger partial charge in [0, 0.05) is 54.0 Å². The van der Waals surface area contributed by atoms with Gasteiger partial charge < -0.3 is 29.9 Å². The van der Waals surface area contributed by atoms with Crippen molar-refractivity contribution in [2.24, 2.45) is 0 Å². The quantitative estimate of drug-likeness (QED) is 0.186. The van der Waals surface area contributed by atoms with E-state index < -0.39 is 47.7 Å². The summed E-state index contributed by atoms with van der Waals surface area (Å²) in [6, 6.07) is 22.7. The van der Waals surface area contributed by atoms with E-state index in [-0.39, 0.29) is 91.8 Å². The van der Waals surface area contributed by atoms with Crippen LogP contribution in [0.2, 0.25) is 10.0 Å². The lowest BCUT2D eigenvalue weighted by atomic mass is 10.1. The monoisotopic (exact) mass is 1030 g/mol. The van der Waals surface area contributed by atoms with E-state index in [0.717, 1.165) is 28.6 Å². The van der Waals surface area contributed by atoms with Crippen LogP contribution in [0.5, 0.6) is 0 Å². The Labute approximate surface area is 422 Å². The molecular weight excluding hydrogens is 994 g/mol. The van der Waals surface area contributed by atoms with Crippen LogP contribution >= 0.6 is 23.2 Å². The minimum Gasteiger partial charge on any atom is -0.374 e. The Bertz CT molecular complexity index is 3420. The number of hydrogen-bond donors (Lipinski definition) is 2. The van der Waals surface area contributed by atoms with Crippen molar-refractivity contribution in [3.63, 3.8) is 0 Å². The Kier molecular flexibility index (Phi) is 14.4. The van der Waals surface area contributed by atoms with E-state index in [0.29, 0.717) is 37.4 Å². The minimum absolute atomic E-state index is 0.00471. The molecule has 4 amide bonds. The molecule has 4 saturated heterocycles. The van der Waals surface area contributed by atoms with Crippen LogP contribution in [0, 0.1) is 34.3 Å². The van der Waals surface area contributed by atoms with E-state index >= 15 is 0 Å². The lowest BCUT2D eigenvalue weighted by molar-refractivity contribution is -0.117. The van der Waals surface area contributed by atoms with Crippen molar-refractivity contribution in [2.45, 2.75) is 56.7 Å². The number of likely N-dealkylation sites (tertiary alicyclic amines) is 2. The van der Waals surface area contributed by atoms with Gasteiger partial charge >= 0.3 is 0 Å². The smallest absolute Gasteiger partial charge is 0.267 e. The zero-order valence-electron chi connectivity index (χ0n) is 38.0. The van der Waals surface area contributed by atoms with Crippen LogP contribution in [0.3, 0.4) is 0 Å². The second-order valence-corrected chi connectivity index (χ2v) is 18.0. The summed E-state index contributed by atoms with van der Waals surface area (Å²) in [7, 11) is 0. The normalized spacial score (nSPS) is 18.3. The van der Waals surface area contributed by atoms with Gasteiger partial charge in [-0.1, -0.05) is 35.3 Å². The Balaban J connectivity index is 0.000000180. The van der Waals surface area contributed by atoms with E-state index in [1.54, 1.807) is 15.9 Å². The Hall–Kier alpha value is -8.28. The Morgan fingerprint density at radius 3 is 1.59 bits per heavy atom. The maximum atomic E-state index is 13.9. The largest absolute Gasteiger partial charge is 0.374 e. The number of morpholine rings is 2. The van der Waals surface area contributed by atoms with E-state index in [1.165, 1.54) is 78.9 Å². The first-order chi connectivity index (χ1) is 35.1. The van der Waals surface area contributed by atoms with E-state index in [9.17, 15) is 48.1 Å². The maximum absolute atomic E-state index is 13.9. The zero-order chi connectivity index (χ0) is 51.5. The number of carbonyl (C=O) groups excluding carboxylic acids is 4. The van der Waals surface area contributed by atoms with Crippen LogP contribution in [-0.2, 0) is 32.2 Å². The Morgan fingerprint density at radius 2 is 1.15 bits per heavy atom. The van der Waals surface area contributed by atoms with Crippen molar-refractivity contribution >= 4 is 58.5 Å². The minimum atomic E-state index is -0.654. The molecule has 4 aromatic heterocycles. The van der Waals surface area contributed by atoms with Gasteiger partial charge in [-0.15, -0.1) is 0 Å². The predicted molar refractivity (Wildman–Crippen MR) is 256 cm³/mol. The van der Waals surface area contributed by atoms with Crippen molar-refractivity contribution in [3.05, 3.63) is 150 Å². The van der Waals surface area contributed by atoms with Gasteiger partial charge in [-0.05, 0) is 79.9 Å². The van der Waals surface area contributed by atoms with Crippen LogP contribution in [0.1, 0.15) is 51.4 Å². The number of ether oxygens (including phenoxy) is 2. The summed E-state index contributed by atoms with van der Waals surface area (Å²) in [6.07, 6.45) is 2.60. The molecule has 8 heterocycles. The summed E-state index contributed by atoms with van der Waals surface area (Å²) in [4.78, 5) is 87.6. The first kappa shape index (κ1) is 49.7. The third-order valence-corrected chi connectivity index (χ3v) is 12.8. The van der Waals surface area contributed by atoms with Gasteiger partial charge in [0.2, 0.25) is 11.8 Å². The molecule has 20 nitrogen and oxygen atoms in total. The highest BCUT2D eigenvalue weighted by atomic mass is 35.5. The molecule has 0 spiro atoms. The van der Waals surface area contributed by atoms with Crippen molar-refractivity contribution in [2.75, 3.05) is 36.9 Å². The standard InChI is InChI=1S/C25H20ClFN6O4.C24H18ClFN6O4/c26-19-4-1-14(8-20(19)27)21-5-6-24(35)33(31-21)13-23(34)30-22-9-15(7-16(10-28)29-22)25(36)32-11-17-2-3-18(12-32)37-17;25-18-2-1-13(6-19(18)26)20-3-4-23(34)32(30-20)11-22(33)29-21-7-14(5-15(9-27)28-21)24(35)31-10-17-8-16(31)12-36-17/h1,4-9,17-18H,2-3,11-13H2,(H,29,30,34);1-7,16-17H,8,10-12H2,(H,28,29,33)/t;16?,17-/m.0/s1. The molecule has 10 rings (SSSR count). The number of aromatic nitrogens is 6. The molecule has 4 fully saturated rings. The van der Waals surface area contributed by atoms with Gasteiger partial charge in [-0.3, -0.25) is 28.8 Å². The number of benzene rings is 2. The highest BCUT2D eigenvalue weighted by molar-refractivity contribution is 6.31. The Morgan fingerprint density at radius 1 is 0.658 bits per heavy atom. The average molecular weight is 1030 g/mol. The number of pyridine rings is 2. The van der Waals surface area contributed by atoms with E-state index in [2.05, 4.69) is 30.8 Å². The fraction of sp³-hybridized carbons (Fsp3) is 0.265. The first-order valence-electron chi connectivity index (χ1n) is 22.5. The number of hydrogen-bond acceptors (Lipinski definition) is 14. The highest BCUT2D eigenvalue weighted by Crippen LogP contribution is 2.31. The molecule has 4 aliphatic heterocycles. The van der Waals surface area contributed by atoms with Crippen LogP contribution in [0.25, 0.3) is 22.5 Å². The van der Waals surface area contributed by atoms with Crippen LogP contribution < -0.4 is 21.8 Å². The van der Waals surface area contributed by atoms with Gasteiger partial charge in [-0.2, -0.15) is 20.7 Å². The number of rotatable bonds is 10. The van der Waals surface area contributed by atoms with Crippen molar-refractivity contribution in [1.29, 1.82) is 10.5 Å². The van der Waals surface area contributed by atoms with E-state index in [1.807, 2.05) is 12.1 Å². The number of anilines is 2. The topological polar surface area (TPSA) is 260 Å². The summed E-state index contributed by atoms with van der Waals surface area (Å²) < 4.78 is 40.8. The van der Waals surface area contributed by atoms with Crippen LogP contribution in [0.4, 0.5) is 20.4 Å². The second kappa shape index (κ2) is 21.2. The van der Waals surface area contributed by atoms with Gasteiger partial charge in [0.25, 0.3) is 22.9 Å². The molecule has 370 valence electrons. The second-order valence-electron chi connectivity index (χ2n) is 17.2. The molecule has 0 saturated carbocycles. The first-order valence-corrected chi connectivity index (χ1v) is 23.2. The molecule has 2 N–H and O–H groups in total. The molecule has 0 aliphatic carbocycles. The number of carbonyl (C=O) groups is 4. The molecule has 73 heavy (non-hydrogen) atoms. The molecular formula is C49H38Cl2F2N12O8. The number of nitrogens with zero attached hydrogens (tertiary/aromatic N) is 10. The van der Waals surface area contributed by atoms with Crippen LogP contribution in [-0.4, -0.2) is 114 Å². The molecule has 2 aromatic carbocycles. The summed E-state index contributed by atoms with van der Waals surface area (Å²) in [5, 5.41) is 32.0. The third-order valence-electron chi connectivity index (χ3n) is 12.2. The fourth-order valence-corrected chi connectivity index (χ4v) is 8.94. The molecule has 6 aromatic rings. The average Bonchev–Trinajstić information content (AvgIpc) is 4.12. The third kappa shape index (κ3) is 11.4. The maximum Gasteiger partial charge on any atom is 0.267 e. The lowest BCUT2D eigenvalue weighted by Gasteiger charge is -2.32. The zero-order valence-corrected chi connectivity index (χ0v) is 39.5. The number of amides is 4. The number of fused-ring (bicyclic) bond motifs is 4. The SMILES string of the molecule is N#Cc1cc(C(=O)N2CC3CCC(C2)O3)cc(NC(=O)Cn2nc(-c3ccc(Cl)c(F)c3)ccc2=O)n1.N#Cc1cc(C(=O)N2C[C@@H]3CC2CO3)cc(NC(=O)Cn2nc(-c3ccc(Cl)c(F)c3)ccc2=O)n1. The molecule has 4 atom stereocenters. The summed E-state index contributed by atoms with van der Waals surface area (Å²) >= 11 is 11.4. The van der Waals surface area contributed by atoms with Crippen LogP contribution in [0.15, 0.2) is 94.5 Å². The van der Waals surface area contributed by atoms with Gasteiger partial charge in [0.05, 0.1) is 52.4 Å². The molecule has 24 heteroatoms. The number of nitriles is 2. The molecule has 4 aliphatic rings. The van der Waals surface area contributed by atoms with Crippen molar-refractivity contribution < 1.29 is 37.4 Å². The molecule has 3 unspecified atom stereocenters. The van der Waals surface area contributed by atoms with Crippen molar-refractivity contribution in [3.8, 4) is 34.7 Å². The number of nitrogens with one attached hydrogen (secondary N) is 2. The lowest BCUT2D eigenvalue weighted by Crippen LogP contribution is -2.45. The highest BCUT2D eigenvalue weighted by Gasteiger charge is 2.42. The number of halogens is 4.